The number of quaternary nitrogens is 1. The smallest absolute Gasteiger partial charge is 0.224 e. The first-order valence-corrected chi connectivity index (χ1v) is 5.02. The molecular weight excluding hydrogens is 238 g/mol. The van der Waals surface area contributed by atoms with Gasteiger partial charge in [-0.25, -0.2) is 4.98 Å². The van der Waals surface area contributed by atoms with Crippen LogP contribution in [-0.2, 0) is 0 Å². The molecule has 0 aliphatic rings. The number of thiazole rings is 1. The summed E-state index contributed by atoms with van der Waals surface area (Å²) < 4.78 is 0. The minimum atomic E-state index is 0. The van der Waals surface area contributed by atoms with E-state index in [0.29, 0.717) is 15.5 Å². The van der Waals surface area contributed by atoms with Crippen molar-refractivity contribution in [3.63, 3.8) is 0 Å². The molecule has 7 heteroatoms. The van der Waals surface area contributed by atoms with Crippen LogP contribution in [0.25, 0.3) is 10.6 Å². The fourth-order valence-corrected chi connectivity index (χ4v) is 2.06. The van der Waals surface area contributed by atoms with Gasteiger partial charge < -0.3 is 16.2 Å². The summed E-state index contributed by atoms with van der Waals surface area (Å²) in [6.07, 6.45) is 3.36. The highest BCUT2D eigenvalue weighted by molar-refractivity contribution is 7.18. The van der Waals surface area contributed by atoms with Crippen LogP contribution in [0, 0.1) is 5.21 Å². The molecule has 2 aromatic rings. The molecule has 0 saturated heterocycles. The Balaban J connectivity index is 0.00000112. The molecule has 0 aliphatic carbocycles. The SMILES string of the molecule is O.[O-][NH2+]c1sc(-c2cccnc2)nc1Cl. The topological polar surface area (TPSA) is 97.0 Å². The van der Waals surface area contributed by atoms with Crippen LogP contribution in [0.3, 0.4) is 0 Å². The summed E-state index contributed by atoms with van der Waals surface area (Å²) >= 11 is 7.00. The summed E-state index contributed by atoms with van der Waals surface area (Å²) in [7, 11) is 0. The number of hydrogen-bond donors (Lipinski definition) is 1. The predicted octanol–water partition coefficient (Wildman–Crippen LogP) is 0.726. The molecule has 0 saturated carbocycles. The molecule has 2 aromatic heterocycles. The quantitative estimate of drug-likeness (QED) is 0.790. The van der Waals surface area contributed by atoms with E-state index in [9.17, 15) is 5.21 Å². The van der Waals surface area contributed by atoms with E-state index < -0.39 is 0 Å². The molecule has 0 aliphatic heterocycles. The summed E-state index contributed by atoms with van der Waals surface area (Å²) in [5.74, 6) is 0. The molecule has 2 rings (SSSR count). The lowest BCUT2D eigenvalue weighted by atomic mass is 10.3. The van der Waals surface area contributed by atoms with Crippen molar-refractivity contribution in [2.24, 2.45) is 0 Å². The minimum absolute atomic E-state index is 0. The third kappa shape index (κ3) is 2.49. The zero-order valence-electron chi connectivity index (χ0n) is 7.48. The molecule has 0 aromatic carbocycles. The molecule has 15 heavy (non-hydrogen) atoms. The zero-order chi connectivity index (χ0) is 9.97. The maximum atomic E-state index is 10.5. The molecule has 5 nitrogen and oxygen atoms in total. The van der Waals surface area contributed by atoms with E-state index in [1.807, 2.05) is 12.1 Å². The summed E-state index contributed by atoms with van der Waals surface area (Å²) in [5.41, 5.74) is 1.58. The average molecular weight is 246 g/mol. The van der Waals surface area contributed by atoms with E-state index in [1.54, 1.807) is 12.4 Å². The Bertz CT molecular complexity index is 435. The number of hydrogen-bond acceptors (Lipinski definition) is 4. The molecule has 0 radical (unpaired) electrons. The number of halogens is 1. The standard InChI is InChI=1S/C8H6ClN3OS.H2O/c9-6-8(12-13)14-7(11-6)5-2-1-3-10-4-5;/h1-4H,12H2;1H2. The Labute approximate surface area is 94.7 Å². The number of nitrogens with zero attached hydrogens (tertiary/aromatic N) is 2. The Hall–Kier alpha value is -1.05. The molecule has 0 fully saturated rings. The van der Waals surface area contributed by atoms with Crippen LogP contribution in [0.2, 0.25) is 5.15 Å². The maximum absolute atomic E-state index is 10.5. The van der Waals surface area contributed by atoms with Crippen LogP contribution in [0.5, 0.6) is 0 Å². The van der Waals surface area contributed by atoms with Crippen molar-refractivity contribution >= 4 is 27.9 Å². The predicted molar refractivity (Wildman–Crippen MR) is 58.9 cm³/mol. The fourth-order valence-electron chi connectivity index (χ4n) is 0.999. The average Bonchev–Trinajstić information content (AvgIpc) is 2.61. The van der Waals surface area contributed by atoms with Crippen molar-refractivity contribution in [3.05, 3.63) is 34.9 Å². The molecule has 0 atom stereocenters. The van der Waals surface area contributed by atoms with Gasteiger partial charge in [-0.05, 0) is 12.1 Å². The van der Waals surface area contributed by atoms with Gasteiger partial charge in [0.15, 0.2) is 0 Å². The Morgan fingerprint density at radius 1 is 1.47 bits per heavy atom. The minimum Gasteiger partial charge on any atom is -0.630 e. The van der Waals surface area contributed by atoms with Gasteiger partial charge in [0, 0.05) is 18.0 Å². The molecule has 0 unspecified atom stereocenters. The van der Waals surface area contributed by atoms with Crippen molar-refractivity contribution < 1.29 is 11.0 Å². The van der Waals surface area contributed by atoms with E-state index in [1.165, 1.54) is 11.3 Å². The van der Waals surface area contributed by atoms with Crippen LogP contribution >= 0.6 is 22.9 Å². The van der Waals surface area contributed by atoms with E-state index in [-0.39, 0.29) is 10.6 Å². The molecule has 4 N–H and O–H groups in total. The number of nitrogens with two attached hydrogens (primary N) is 1. The highest BCUT2D eigenvalue weighted by Crippen LogP contribution is 2.31. The molecule has 0 bridgehead atoms. The lowest BCUT2D eigenvalue weighted by molar-refractivity contribution is -0.492. The van der Waals surface area contributed by atoms with E-state index >= 15 is 0 Å². The summed E-state index contributed by atoms with van der Waals surface area (Å²) in [6.45, 7) is 0. The van der Waals surface area contributed by atoms with Crippen molar-refractivity contribution in [1.29, 1.82) is 0 Å². The summed E-state index contributed by atoms with van der Waals surface area (Å²) in [5, 5.41) is 12.0. The largest absolute Gasteiger partial charge is 0.630 e. The van der Waals surface area contributed by atoms with Gasteiger partial charge in [-0.1, -0.05) is 22.9 Å². The zero-order valence-corrected chi connectivity index (χ0v) is 9.05. The van der Waals surface area contributed by atoms with Crippen molar-refractivity contribution in [3.8, 4) is 10.6 Å². The van der Waals surface area contributed by atoms with Gasteiger partial charge in [-0.3, -0.25) is 4.98 Å². The molecule has 80 valence electrons. The fraction of sp³-hybridized carbons (Fsp3) is 0. The van der Waals surface area contributed by atoms with Gasteiger partial charge in [-0.15, -0.1) is 0 Å². The van der Waals surface area contributed by atoms with Crippen molar-refractivity contribution in [1.82, 2.24) is 9.97 Å². The van der Waals surface area contributed by atoms with E-state index in [2.05, 4.69) is 9.97 Å². The molecule has 2 heterocycles. The Kier molecular flexibility index (Phi) is 4.13. The monoisotopic (exact) mass is 245 g/mol. The van der Waals surface area contributed by atoms with Crippen LogP contribution in [-0.4, -0.2) is 15.4 Å². The molecular formula is C8H8ClN3O2S. The van der Waals surface area contributed by atoms with Crippen LogP contribution < -0.4 is 5.48 Å². The van der Waals surface area contributed by atoms with Gasteiger partial charge in [0.2, 0.25) is 10.2 Å². The first-order valence-electron chi connectivity index (χ1n) is 3.83. The maximum Gasteiger partial charge on any atom is 0.224 e. The molecule has 0 spiro atoms. The normalized spacial score (nSPS) is 9.73. The van der Waals surface area contributed by atoms with Crippen molar-refractivity contribution in [2.75, 3.05) is 0 Å². The van der Waals surface area contributed by atoms with Crippen molar-refractivity contribution in [2.45, 2.75) is 0 Å². The van der Waals surface area contributed by atoms with Gasteiger partial charge in [-0.2, -0.15) is 0 Å². The third-order valence-electron chi connectivity index (χ3n) is 1.63. The van der Waals surface area contributed by atoms with E-state index in [4.69, 9.17) is 11.6 Å². The number of pyridine rings is 1. The number of aromatic nitrogens is 2. The second-order valence-corrected chi connectivity index (χ2v) is 3.92. The second kappa shape index (κ2) is 5.15. The summed E-state index contributed by atoms with van der Waals surface area (Å²) in [4.78, 5) is 8.03. The first-order chi connectivity index (χ1) is 6.81. The highest BCUT2D eigenvalue weighted by atomic mass is 35.5. The summed E-state index contributed by atoms with van der Waals surface area (Å²) in [6, 6.07) is 3.68. The number of rotatable bonds is 2. The second-order valence-electron chi connectivity index (χ2n) is 2.53. The van der Waals surface area contributed by atoms with Gasteiger partial charge in [0.05, 0.1) is 0 Å². The van der Waals surface area contributed by atoms with Crippen LogP contribution in [0.1, 0.15) is 0 Å². The lowest BCUT2D eigenvalue weighted by Crippen LogP contribution is -2.69. The van der Waals surface area contributed by atoms with Gasteiger partial charge in [0.1, 0.15) is 5.01 Å². The molecule has 0 amide bonds. The Morgan fingerprint density at radius 2 is 2.27 bits per heavy atom. The van der Waals surface area contributed by atoms with Crippen LogP contribution in [0.4, 0.5) is 5.00 Å². The van der Waals surface area contributed by atoms with E-state index in [0.717, 1.165) is 5.56 Å². The Morgan fingerprint density at radius 3 is 2.80 bits per heavy atom. The lowest BCUT2D eigenvalue weighted by Gasteiger charge is -1.94. The first kappa shape index (κ1) is 12.0. The third-order valence-corrected chi connectivity index (χ3v) is 3.06. The van der Waals surface area contributed by atoms with Gasteiger partial charge >= 0.3 is 0 Å². The highest BCUT2D eigenvalue weighted by Gasteiger charge is 2.11. The van der Waals surface area contributed by atoms with Gasteiger partial charge in [0.25, 0.3) is 0 Å². The van der Waals surface area contributed by atoms with Crippen LogP contribution in [0.15, 0.2) is 24.5 Å².